The smallest absolute Gasteiger partial charge is 0.242 e. The highest BCUT2D eigenvalue weighted by molar-refractivity contribution is 5.90. The van der Waals surface area contributed by atoms with E-state index in [0.717, 1.165) is 0 Å². The standard InChI is InChI=1S/C11H18N2O4/c1-7-11(16,4-5-17-7)6-12-10(15)8-2-3-9(14)13-8/h7-8,16H,2-6H2,1H3,(H,12,15)(H,13,14)/t7?,8-,11?/m0/s1. The van der Waals surface area contributed by atoms with Crippen molar-refractivity contribution in [2.75, 3.05) is 13.2 Å². The van der Waals surface area contributed by atoms with Crippen molar-refractivity contribution >= 4 is 11.8 Å². The summed E-state index contributed by atoms with van der Waals surface area (Å²) in [5.41, 5.74) is -0.988. The zero-order valence-electron chi connectivity index (χ0n) is 9.86. The molecule has 6 heteroatoms. The van der Waals surface area contributed by atoms with E-state index in [1.807, 2.05) is 0 Å². The number of carbonyl (C=O) groups is 2. The van der Waals surface area contributed by atoms with Gasteiger partial charge in [-0.2, -0.15) is 0 Å². The summed E-state index contributed by atoms with van der Waals surface area (Å²) >= 11 is 0. The molecule has 0 aliphatic carbocycles. The predicted molar refractivity (Wildman–Crippen MR) is 59.2 cm³/mol. The van der Waals surface area contributed by atoms with Gasteiger partial charge in [0.2, 0.25) is 11.8 Å². The molecule has 17 heavy (non-hydrogen) atoms. The second-order valence-electron chi connectivity index (χ2n) is 4.74. The van der Waals surface area contributed by atoms with Crippen LogP contribution in [-0.2, 0) is 14.3 Å². The number of carbonyl (C=O) groups excluding carboxylic acids is 2. The van der Waals surface area contributed by atoms with Gasteiger partial charge < -0.3 is 20.5 Å². The van der Waals surface area contributed by atoms with E-state index in [0.29, 0.717) is 25.9 Å². The minimum Gasteiger partial charge on any atom is -0.385 e. The number of amides is 2. The minimum absolute atomic E-state index is 0.0959. The van der Waals surface area contributed by atoms with E-state index in [-0.39, 0.29) is 24.5 Å². The van der Waals surface area contributed by atoms with Gasteiger partial charge in [-0.05, 0) is 13.3 Å². The Morgan fingerprint density at radius 2 is 2.47 bits per heavy atom. The Bertz CT molecular complexity index is 333. The molecule has 6 nitrogen and oxygen atoms in total. The average molecular weight is 242 g/mol. The predicted octanol–water partition coefficient (Wildman–Crippen LogP) is -1.08. The molecular weight excluding hydrogens is 224 g/mol. The van der Waals surface area contributed by atoms with E-state index in [2.05, 4.69) is 10.6 Å². The van der Waals surface area contributed by atoms with Gasteiger partial charge in [0.05, 0.1) is 6.10 Å². The molecule has 3 atom stereocenters. The Hall–Kier alpha value is -1.14. The van der Waals surface area contributed by atoms with Gasteiger partial charge >= 0.3 is 0 Å². The lowest BCUT2D eigenvalue weighted by atomic mass is 9.96. The number of hydrogen-bond donors (Lipinski definition) is 3. The monoisotopic (exact) mass is 242 g/mol. The Labute approximate surface area is 99.7 Å². The zero-order valence-corrected chi connectivity index (χ0v) is 9.86. The van der Waals surface area contributed by atoms with Crippen LogP contribution in [0.3, 0.4) is 0 Å². The largest absolute Gasteiger partial charge is 0.385 e. The fourth-order valence-corrected chi connectivity index (χ4v) is 2.18. The molecular formula is C11H18N2O4. The minimum atomic E-state index is -0.988. The molecule has 2 fully saturated rings. The third-order valence-corrected chi connectivity index (χ3v) is 3.54. The first-order valence-electron chi connectivity index (χ1n) is 5.92. The lowest BCUT2D eigenvalue weighted by Gasteiger charge is -2.26. The maximum atomic E-state index is 11.7. The second-order valence-corrected chi connectivity index (χ2v) is 4.74. The van der Waals surface area contributed by atoms with Gasteiger partial charge in [-0.25, -0.2) is 0 Å². The highest BCUT2D eigenvalue weighted by Crippen LogP contribution is 2.24. The van der Waals surface area contributed by atoms with Gasteiger partial charge in [0.1, 0.15) is 11.6 Å². The van der Waals surface area contributed by atoms with Gasteiger partial charge in [-0.1, -0.05) is 0 Å². The molecule has 3 N–H and O–H groups in total. The number of aliphatic hydroxyl groups is 1. The van der Waals surface area contributed by atoms with Gasteiger partial charge in [0, 0.05) is 26.0 Å². The molecule has 0 aromatic rings. The molecule has 2 aliphatic rings. The van der Waals surface area contributed by atoms with Crippen LogP contribution in [0.1, 0.15) is 26.2 Å². The molecule has 0 aromatic heterocycles. The van der Waals surface area contributed by atoms with Gasteiger partial charge in [-0.15, -0.1) is 0 Å². The molecule has 2 amide bonds. The van der Waals surface area contributed by atoms with Crippen LogP contribution in [0.5, 0.6) is 0 Å². The van der Waals surface area contributed by atoms with Crippen molar-refractivity contribution in [3.63, 3.8) is 0 Å². The second kappa shape index (κ2) is 4.62. The Morgan fingerprint density at radius 1 is 1.71 bits per heavy atom. The molecule has 96 valence electrons. The highest BCUT2D eigenvalue weighted by atomic mass is 16.5. The maximum absolute atomic E-state index is 11.7. The summed E-state index contributed by atoms with van der Waals surface area (Å²) < 4.78 is 5.27. The Morgan fingerprint density at radius 3 is 3.00 bits per heavy atom. The average Bonchev–Trinajstić information content (AvgIpc) is 2.84. The fourth-order valence-electron chi connectivity index (χ4n) is 2.18. The number of ether oxygens (including phenoxy) is 1. The van der Waals surface area contributed by atoms with Crippen molar-refractivity contribution in [2.45, 2.75) is 43.9 Å². The first-order chi connectivity index (χ1) is 8.01. The molecule has 2 unspecified atom stereocenters. The van der Waals surface area contributed by atoms with Crippen molar-refractivity contribution < 1.29 is 19.4 Å². The van der Waals surface area contributed by atoms with Crippen molar-refractivity contribution in [1.29, 1.82) is 0 Å². The van der Waals surface area contributed by atoms with Crippen LogP contribution in [-0.4, -0.2) is 47.8 Å². The van der Waals surface area contributed by atoms with Crippen molar-refractivity contribution in [2.24, 2.45) is 0 Å². The van der Waals surface area contributed by atoms with Gasteiger partial charge in [0.15, 0.2) is 0 Å². The molecule has 0 bridgehead atoms. The van der Waals surface area contributed by atoms with Crippen LogP contribution in [0.2, 0.25) is 0 Å². The summed E-state index contributed by atoms with van der Waals surface area (Å²) in [6, 6.07) is -0.455. The van der Waals surface area contributed by atoms with Crippen LogP contribution in [0.15, 0.2) is 0 Å². The van der Waals surface area contributed by atoms with E-state index in [4.69, 9.17) is 4.74 Å². The van der Waals surface area contributed by atoms with Crippen LogP contribution >= 0.6 is 0 Å². The molecule has 2 rings (SSSR count). The van der Waals surface area contributed by atoms with E-state index in [9.17, 15) is 14.7 Å². The van der Waals surface area contributed by atoms with Gasteiger partial charge in [-0.3, -0.25) is 9.59 Å². The number of nitrogens with one attached hydrogen (secondary N) is 2. The van der Waals surface area contributed by atoms with Crippen LogP contribution < -0.4 is 10.6 Å². The SMILES string of the molecule is CC1OCCC1(O)CNC(=O)[C@@H]1CCC(=O)N1. The molecule has 0 saturated carbocycles. The van der Waals surface area contributed by atoms with Crippen LogP contribution in [0, 0.1) is 0 Å². The Balaban J connectivity index is 1.82. The zero-order chi connectivity index (χ0) is 12.5. The third-order valence-electron chi connectivity index (χ3n) is 3.54. The third kappa shape index (κ3) is 2.58. The Kier molecular flexibility index (Phi) is 3.35. The van der Waals surface area contributed by atoms with Crippen molar-refractivity contribution in [3.8, 4) is 0 Å². The fraction of sp³-hybridized carbons (Fsp3) is 0.818. The van der Waals surface area contributed by atoms with Crippen molar-refractivity contribution in [1.82, 2.24) is 10.6 Å². The number of rotatable bonds is 3. The molecule has 2 heterocycles. The normalized spacial score (nSPS) is 36.9. The number of hydrogen-bond acceptors (Lipinski definition) is 4. The maximum Gasteiger partial charge on any atom is 0.242 e. The van der Waals surface area contributed by atoms with E-state index < -0.39 is 11.6 Å². The summed E-state index contributed by atoms with van der Waals surface area (Å²) in [4.78, 5) is 22.7. The summed E-state index contributed by atoms with van der Waals surface area (Å²) in [6.07, 6.45) is 1.16. The first kappa shape index (κ1) is 12.3. The van der Waals surface area contributed by atoms with E-state index >= 15 is 0 Å². The summed E-state index contributed by atoms with van der Waals surface area (Å²) in [5.74, 6) is -0.329. The first-order valence-corrected chi connectivity index (χ1v) is 5.92. The van der Waals surface area contributed by atoms with E-state index in [1.165, 1.54) is 0 Å². The van der Waals surface area contributed by atoms with Crippen molar-refractivity contribution in [3.05, 3.63) is 0 Å². The van der Waals surface area contributed by atoms with E-state index in [1.54, 1.807) is 6.92 Å². The van der Waals surface area contributed by atoms with Crippen LogP contribution in [0.4, 0.5) is 0 Å². The topological polar surface area (TPSA) is 87.7 Å². The molecule has 2 aliphatic heterocycles. The van der Waals surface area contributed by atoms with Gasteiger partial charge in [0.25, 0.3) is 0 Å². The lowest BCUT2D eigenvalue weighted by Crippen LogP contribution is -2.51. The highest BCUT2D eigenvalue weighted by Gasteiger charge is 2.40. The molecule has 2 saturated heterocycles. The quantitative estimate of drug-likeness (QED) is 0.587. The molecule has 0 radical (unpaired) electrons. The lowest BCUT2D eigenvalue weighted by molar-refractivity contribution is -0.127. The summed E-state index contributed by atoms with van der Waals surface area (Å²) in [7, 11) is 0. The summed E-state index contributed by atoms with van der Waals surface area (Å²) in [5, 5.41) is 15.4. The molecule has 0 spiro atoms. The summed E-state index contributed by atoms with van der Waals surface area (Å²) in [6.45, 7) is 2.46. The molecule has 0 aromatic carbocycles. The van der Waals surface area contributed by atoms with Crippen LogP contribution in [0.25, 0.3) is 0 Å².